The van der Waals surface area contributed by atoms with Gasteiger partial charge in [-0.1, -0.05) is 34.2 Å². The second-order valence-corrected chi connectivity index (χ2v) is 7.32. The summed E-state index contributed by atoms with van der Waals surface area (Å²) in [6, 6.07) is 0. The minimum Gasteiger partial charge on any atom is -0.376 e. The fraction of sp³-hybridized carbons (Fsp3) is 0.824. The molecule has 0 heterocycles. The van der Waals surface area contributed by atoms with Crippen LogP contribution in [0.5, 0.6) is 0 Å². The maximum Gasteiger partial charge on any atom is 0.0905 e. The van der Waals surface area contributed by atoms with Crippen LogP contribution in [-0.2, 0) is 9.47 Å². The minimum atomic E-state index is -0.234. The van der Waals surface area contributed by atoms with E-state index in [0.29, 0.717) is 0 Å². The lowest BCUT2D eigenvalue weighted by Crippen LogP contribution is -2.48. The number of nitrogens with one attached hydrogen (secondary N) is 1. The third-order valence-electron chi connectivity index (χ3n) is 3.95. The monoisotopic (exact) mass is 317 g/mol. The molecule has 3 nitrogen and oxygen atoms in total. The molecule has 0 saturated carbocycles. The highest BCUT2D eigenvalue weighted by atomic mass is 31.1. The van der Waals surface area contributed by atoms with Crippen LogP contribution >= 0.6 is 8.58 Å². The zero-order valence-electron chi connectivity index (χ0n) is 15.3. The fourth-order valence-corrected chi connectivity index (χ4v) is 2.25. The summed E-state index contributed by atoms with van der Waals surface area (Å²) >= 11 is 0. The van der Waals surface area contributed by atoms with Crippen LogP contribution in [0.2, 0.25) is 0 Å². The molecule has 0 amide bonds. The van der Waals surface area contributed by atoms with Gasteiger partial charge in [0.25, 0.3) is 0 Å². The van der Waals surface area contributed by atoms with Crippen LogP contribution in [0, 0.1) is 5.41 Å². The summed E-state index contributed by atoms with van der Waals surface area (Å²) in [7, 11) is 4.31. The molecule has 0 aliphatic carbocycles. The first-order valence-electron chi connectivity index (χ1n) is 7.69. The van der Waals surface area contributed by atoms with Crippen LogP contribution in [0.4, 0.5) is 0 Å². The van der Waals surface area contributed by atoms with Gasteiger partial charge in [0.1, 0.15) is 0 Å². The van der Waals surface area contributed by atoms with Crippen molar-refractivity contribution in [1.29, 1.82) is 5.41 Å². The zero-order valence-corrected chi connectivity index (χ0v) is 16.3. The lowest BCUT2D eigenvalue weighted by atomic mass is 9.89. The van der Waals surface area contributed by atoms with Crippen molar-refractivity contribution in [3.05, 3.63) is 11.4 Å². The van der Waals surface area contributed by atoms with Crippen molar-refractivity contribution in [1.82, 2.24) is 0 Å². The van der Waals surface area contributed by atoms with E-state index in [9.17, 15) is 0 Å². The van der Waals surface area contributed by atoms with Gasteiger partial charge in [-0.25, -0.2) is 0 Å². The molecule has 0 aliphatic heterocycles. The number of rotatable bonds is 9. The van der Waals surface area contributed by atoms with Gasteiger partial charge < -0.3 is 14.9 Å². The van der Waals surface area contributed by atoms with Gasteiger partial charge in [-0.05, 0) is 52.8 Å². The first-order valence-corrected chi connectivity index (χ1v) is 8.97. The molecule has 0 saturated heterocycles. The molecule has 4 heteroatoms. The molecule has 0 aromatic heterocycles. The van der Waals surface area contributed by atoms with E-state index in [1.807, 2.05) is 34.6 Å². The molecule has 0 spiro atoms. The normalized spacial score (nSPS) is 13.2. The molecule has 0 aromatic rings. The van der Waals surface area contributed by atoms with E-state index in [1.165, 1.54) is 31.6 Å². The van der Waals surface area contributed by atoms with E-state index in [-0.39, 0.29) is 11.2 Å². The van der Waals surface area contributed by atoms with Gasteiger partial charge in [0, 0.05) is 20.4 Å². The molecule has 0 bridgehead atoms. The van der Waals surface area contributed by atoms with Crippen molar-refractivity contribution in [2.24, 2.45) is 0 Å². The molecule has 0 radical (unpaired) electrons. The quantitative estimate of drug-likeness (QED) is 0.359. The molecule has 21 heavy (non-hydrogen) atoms. The van der Waals surface area contributed by atoms with Crippen molar-refractivity contribution >= 4 is 14.8 Å². The van der Waals surface area contributed by atoms with E-state index >= 15 is 0 Å². The van der Waals surface area contributed by atoms with E-state index in [0.717, 1.165) is 14.2 Å². The Morgan fingerprint density at radius 3 is 1.86 bits per heavy atom. The van der Waals surface area contributed by atoms with Gasteiger partial charge in [0.2, 0.25) is 0 Å². The molecular weight excluding hydrogens is 281 g/mol. The number of ether oxygens (including phenoxy) is 2. The Morgan fingerprint density at radius 1 is 1.05 bits per heavy atom. The SMILES string of the molecule is CCCCCP/C=C(/C)C=N.COC(C)(C)C(C)(C)OC. The van der Waals surface area contributed by atoms with E-state index in [4.69, 9.17) is 14.9 Å². The molecule has 0 aliphatic rings. The summed E-state index contributed by atoms with van der Waals surface area (Å²) in [5, 5.41) is 6.94. The second-order valence-electron chi connectivity index (χ2n) is 6.12. The Kier molecular flexibility index (Phi) is 13.5. The Labute approximate surface area is 134 Å². The number of hydrogen-bond acceptors (Lipinski definition) is 3. The van der Waals surface area contributed by atoms with Crippen molar-refractivity contribution in [2.45, 2.75) is 72.0 Å². The Hall–Kier alpha value is -0.240. The predicted octanol–water partition coefficient (Wildman–Crippen LogP) is 5.24. The standard InChI is InChI=1S/C9H18NP.C8H18O2/c1-3-4-5-6-11-8-9(2)7-10;1-7(2,9-5)8(3,4)10-6/h7-8,10-11H,3-6H2,1-2H3;1-6H3/b9-8-,10-7?;. The van der Waals surface area contributed by atoms with Crippen molar-refractivity contribution < 1.29 is 9.47 Å². The highest BCUT2D eigenvalue weighted by molar-refractivity contribution is 7.41. The third-order valence-corrected chi connectivity index (χ3v) is 5.25. The smallest absolute Gasteiger partial charge is 0.0905 e. The van der Waals surface area contributed by atoms with Crippen LogP contribution in [0.25, 0.3) is 0 Å². The first-order chi connectivity index (χ1) is 9.68. The molecule has 1 atom stereocenters. The topological polar surface area (TPSA) is 42.3 Å². The van der Waals surface area contributed by atoms with Gasteiger partial charge in [-0.2, -0.15) is 0 Å². The minimum absolute atomic E-state index is 0.234. The average molecular weight is 317 g/mol. The lowest BCUT2D eigenvalue weighted by Gasteiger charge is -2.38. The van der Waals surface area contributed by atoms with E-state index in [2.05, 4.69) is 12.7 Å². The summed E-state index contributed by atoms with van der Waals surface area (Å²) in [6.07, 6.45) is 6.73. The number of unbranched alkanes of at least 4 members (excludes halogenated alkanes) is 2. The molecule has 0 aromatic carbocycles. The van der Waals surface area contributed by atoms with Crippen molar-refractivity contribution in [2.75, 3.05) is 20.4 Å². The average Bonchev–Trinajstić information content (AvgIpc) is 2.47. The Morgan fingerprint density at radius 2 is 1.52 bits per heavy atom. The summed E-state index contributed by atoms with van der Waals surface area (Å²) in [4.78, 5) is 0. The van der Waals surface area contributed by atoms with Crippen molar-refractivity contribution in [3.8, 4) is 0 Å². The Bertz CT molecular complexity index is 285. The van der Waals surface area contributed by atoms with E-state index < -0.39 is 0 Å². The Balaban J connectivity index is 0. The molecule has 0 fully saturated rings. The fourth-order valence-electron chi connectivity index (χ4n) is 1.24. The maximum absolute atomic E-state index is 6.94. The van der Waals surface area contributed by atoms with Gasteiger partial charge in [0.15, 0.2) is 0 Å². The van der Waals surface area contributed by atoms with Crippen LogP contribution in [-0.4, -0.2) is 37.8 Å². The summed E-state index contributed by atoms with van der Waals surface area (Å²) < 4.78 is 10.5. The molecule has 126 valence electrons. The number of hydrogen-bond donors (Lipinski definition) is 1. The van der Waals surface area contributed by atoms with Crippen LogP contribution < -0.4 is 0 Å². The molecule has 1 unspecified atom stereocenters. The molecule has 0 rings (SSSR count). The maximum atomic E-state index is 6.94. The highest BCUT2D eigenvalue weighted by Gasteiger charge is 2.36. The van der Waals surface area contributed by atoms with E-state index in [1.54, 1.807) is 14.2 Å². The summed E-state index contributed by atoms with van der Waals surface area (Å²) in [5.41, 5.74) is 0.628. The summed E-state index contributed by atoms with van der Waals surface area (Å²) in [6.45, 7) is 12.3. The van der Waals surface area contributed by atoms with Gasteiger partial charge in [-0.3, -0.25) is 0 Å². The number of methoxy groups -OCH3 is 2. The van der Waals surface area contributed by atoms with Crippen LogP contribution in [0.1, 0.15) is 60.8 Å². The predicted molar refractivity (Wildman–Crippen MR) is 97.4 cm³/mol. The van der Waals surface area contributed by atoms with Crippen LogP contribution in [0.15, 0.2) is 11.4 Å². The molecular formula is C17H36NO2P. The largest absolute Gasteiger partial charge is 0.376 e. The second kappa shape index (κ2) is 12.3. The van der Waals surface area contributed by atoms with Gasteiger partial charge in [-0.15, -0.1) is 0 Å². The van der Waals surface area contributed by atoms with Crippen LogP contribution in [0.3, 0.4) is 0 Å². The first kappa shape index (κ1) is 23.0. The third kappa shape index (κ3) is 11.0. The van der Waals surface area contributed by atoms with Gasteiger partial charge >= 0.3 is 0 Å². The highest BCUT2D eigenvalue weighted by Crippen LogP contribution is 2.27. The lowest BCUT2D eigenvalue weighted by molar-refractivity contribution is -0.147. The number of allylic oxidation sites excluding steroid dienone is 1. The summed E-state index contributed by atoms with van der Waals surface area (Å²) in [5.74, 6) is 2.17. The zero-order chi connectivity index (χ0) is 16.9. The van der Waals surface area contributed by atoms with Gasteiger partial charge in [0.05, 0.1) is 11.2 Å². The van der Waals surface area contributed by atoms with Crippen molar-refractivity contribution in [3.63, 3.8) is 0 Å². The molecule has 1 N–H and O–H groups in total.